The third kappa shape index (κ3) is 4.35. The van der Waals surface area contributed by atoms with Crippen molar-refractivity contribution in [3.8, 4) is 0 Å². The van der Waals surface area contributed by atoms with Crippen LogP contribution in [0.5, 0.6) is 0 Å². The molecule has 0 unspecified atom stereocenters. The van der Waals surface area contributed by atoms with E-state index in [1.54, 1.807) is 3.28 Å². The topological polar surface area (TPSA) is 3.24 Å². The summed E-state index contributed by atoms with van der Waals surface area (Å²) in [5, 5.41) is 0. The van der Waals surface area contributed by atoms with Crippen LogP contribution in [0.25, 0.3) is 0 Å². The second-order valence-corrected chi connectivity index (χ2v) is 9.87. The van der Waals surface area contributed by atoms with Crippen molar-refractivity contribution in [1.82, 2.24) is 0 Å². The molecule has 0 radical (unpaired) electrons. The van der Waals surface area contributed by atoms with Crippen molar-refractivity contribution < 1.29 is 23.5 Å². The molecule has 0 bridgehead atoms. The standard InChI is InChI=1S/C12H10N.C10H15.2ClH.Zr/c1-3-7-11(8-4-1)13-12-9-5-2-6-10-12;1-7-6-10(4,5)9(3)8(7)2;;;/h1-10H;1-5H3;2*1H;/q-1;;;;+1. The third-order valence-electron chi connectivity index (χ3n) is 5.31. The first kappa shape index (κ1) is 23.2. The monoisotopic (exact) mass is 465 g/mol. The van der Waals surface area contributed by atoms with Crippen molar-refractivity contribution in [2.45, 2.75) is 34.6 Å². The van der Waals surface area contributed by atoms with E-state index in [1.165, 1.54) is 28.1 Å². The average Bonchev–Trinajstić information content (AvgIpc) is 2.75. The predicted octanol–water partition coefficient (Wildman–Crippen LogP) is 7.32. The fraction of sp³-hybridized carbons (Fsp3) is 0.273. The van der Waals surface area contributed by atoms with Crippen LogP contribution < -0.4 is 2.84 Å². The van der Waals surface area contributed by atoms with Crippen LogP contribution in [0, 0.1) is 5.41 Å². The zero-order chi connectivity index (χ0) is 17.3. The van der Waals surface area contributed by atoms with Gasteiger partial charge in [-0.3, -0.25) is 0 Å². The Morgan fingerprint density at radius 1 is 0.692 bits per heavy atom. The Kier molecular flexibility index (Phi) is 8.40. The van der Waals surface area contributed by atoms with Gasteiger partial charge in [-0.15, -0.1) is 24.8 Å². The summed E-state index contributed by atoms with van der Waals surface area (Å²) in [7, 11) is 0. The third-order valence-corrected chi connectivity index (χ3v) is 10.1. The summed E-state index contributed by atoms with van der Waals surface area (Å²) >= 11 is -0.988. The van der Waals surface area contributed by atoms with Crippen LogP contribution in [-0.4, -0.2) is 0 Å². The molecular formula is C22H27Cl2NZr. The van der Waals surface area contributed by atoms with Crippen LogP contribution in [0.3, 0.4) is 0 Å². The minimum absolute atomic E-state index is 0. The van der Waals surface area contributed by atoms with Gasteiger partial charge in [0.1, 0.15) is 0 Å². The Morgan fingerprint density at radius 2 is 1.12 bits per heavy atom. The number of hydrogen-bond donors (Lipinski definition) is 0. The molecule has 0 atom stereocenters. The van der Waals surface area contributed by atoms with Gasteiger partial charge in [-0.2, -0.15) is 0 Å². The first-order chi connectivity index (χ1) is 11.4. The molecule has 0 N–H and O–H groups in total. The Hall–Kier alpha value is -0.817. The van der Waals surface area contributed by atoms with Gasteiger partial charge in [0.2, 0.25) is 0 Å². The molecule has 138 valence electrons. The van der Waals surface area contributed by atoms with Gasteiger partial charge < -0.3 is 0 Å². The molecule has 2 aromatic carbocycles. The molecule has 0 heterocycles. The number of anilines is 2. The fourth-order valence-corrected chi connectivity index (χ4v) is 7.30. The molecule has 1 nitrogen and oxygen atoms in total. The van der Waals surface area contributed by atoms with Crippen LogP contribution >= 0.6 is 24.8 Å². The van der Waals surface area contributed by atoms with E-state index in [0.717, 1.165) is 0 Å². The molecule has 0 aromatic heterocycles. The number of nitrogens with zero attached hydrogens (tertiary/aromatic N) is 1. The van der Waals surface area contributed by atoms with Crippen LogP contribution in [0.2, 0.25) is 0 Å². The van der Waals surface area contributed by atoms with E-state index in [2.05, 4.69) is 98.1 Å². The first-order valence-corrected chi connectivity index (χ1v) is 10.8. The quantitative estimate of drug-likeness (QED) is 0.455. The number of rotatable bonds is 4. The second-order valence-electron chi connectivity index (χ2n) is 6.99. The summed E-state index contributed by atoms with van der Waals surface area (Å²) < 4.78 is 4.28. The van der Waals surface area contributed by atoms with E-state index in [0.29, 0.717) is 0 Å². The van der Waals surface area contributed by atoms with Crippen molar-refractivity contribution >= 4 is 36.2 Å². The minimum atomic E-state index is -0.988. The molecule has 4 heteroatoms. The summed E-state index contributed by atoms with van der Waals surface area (Å²) in [6.45, 7) is 11.7. The molecule has 26 heavy (non-hydrogen) atoms. The molecule has 0 saturated heterocycles. The van der Waals surface area contributed by atoms with E-state index < -0.39 is 23.5 Å². The van der Waals surface area contributed by atoms with Crippen molar-refractivity contribution in [2.75, 3.05) is 2.84 Å². The molecule has 1 aliphatic rings. The number of benzene rings is 2. The van der Waals surface area contributed by atoms with Gasteiger partial charge >= 0.3 is 158 Å². The fourth-order valence-electron chi connectivity index (χ4n) is 3.36. The van der Waals surface area contributed by atoms with E-state index in [-0.39, 0.29) is 30.2 Å². The van der Waals surface area contributed by atoms with Gasteiger partial charge in [-0.05, 0) is 0 Å². The summed E-state index contributed by atoms with van der Waals surface area (Å²) in [5.74, 6) is 0. The van der Waals surface area contributed by atoms with Gasteiger partial charge in [0, 0.05) is 0 Å². The molecule has 0 amide bonds. The SMILES string of the molecule is CC1=C(C)C(C)(C)[C]([Zr][N](c2ccccc2)c2ccccc2)=C1C.Cl.Cl. The van der Waals surface area contributed by atoms with Gasteiger partial charge in [0.15, 0.2) is 0 Å². The van der Waals surface area contributed by atoms with E-state index >= 15 is 0 Å². The number of hydrogen-bond acceptors (Lipinski definition) is 1. The summed E-state index contributed by atoms with van der Waals surface area (Å²) in [6.07, 6.45) is 0. The van der Waals surface area contributed by atoms with E-state index in [9.17, 15) is 0 Å². The van der Waals surface area contributed by atoms with Crippen molar-refractivity contribution in [1.29, 1.82) is 0 Å². The predicted molar refractivity (Wildman–Crippen MR) is 114 cm³/mol. The Labute approximate surface area is 182 Å². The van der Waals surface area contributed by atoms with Crippen molar-refractivity contribution in [3.05, 3.63) is 80.7 Å². The first-order valence-electron chi connectivity index (χ1n) is 8.49. The van der Waals surface area contributed by atoms with E-state index in [1.807, 2.05) is 0 Å². The summed E-state index contributed by atoms with van der Waals surface area (Å²) in [5.41, 5.74) is 7.39. The minimum Gasteiger partial charge on any atom is -0.147 e. The average molecular weight is 468 g/mol. The maximum atomic E-state index is 2.59. The molecule has 3 rings (SSSR count). The zero-order valence-electron chi connectivity index (χ0n) is 16.0. The van der Waals surface area contributed by atoms with Crippen LogP contribution in [-0.2, 0) is 23.5 Å². The molecule has 2 aromatic rings. The van der Waals surface area contributed by atoms with Crippen molar-refractivity contribution in [3.63, 3.8) is 0 Å². The van der Waals surface area contributed by atoms with Crippen molar-refractivity contribution in [2.24, 2.45) is 5.41 Å². The molecule has 0 fully saturated rings. The van der Waals surface area contributed by atoms with Gasteiger partial charge in [0.25, 0.3) is 0 Å². The Bertz CT molecular complexity index is 756. The largest absolute Gasteiger partial charge is 0.147 e. The van der Waals surface area contributed by atoms with Gasteiger partial charge in [-0.1, -0.05) is 0 Å². The maximum Gasteiger partial charge on any atom is -0.147 e. The summed E-state index contributed by atoms with van der Waals surface area (Å²) in [4.78, 5) is 0. The molecule has 0 saturated carbocycles. The normalized spacial score (nSPS) is 15.3. The maximum absolute atomic E-state index is 2.59. The molecular weight excluding hydrogens is 440 g/mol. The van der Waals surface area contributed by atoms with Crippen LogP contribution in [0.4, 0.5) is 11.4 Å². The smallest absolute Gasteiger partial charge is 0.147 e. The van der Waals surface area contributed by atoms with Crippen LogP contribution in [0.1, 0.15) is 34.6 Å². The van der Waals surface area contributed by atoms with Crippen LogP contribution in [0.15, 0.2) is 80.7 Å². The van der Waals surface area contributed by atoms with Gasteiger partial charge in [-0.25, -0.2) is 0 Å². The van der Waals surface area contributed by atoms with Gasteiger partial charge in [0.05, 0.1) is 0 Å². The Balaban J connectivity index is 0.00000169. The summed E-state index contributed by atoms with van der Waals surface area (Å²) in [6, 6.07) is 21.7. The molecule has 0 aliphatic heterocycles. The molecule has 0 spiro atoms. The van der Waals surface area contributed by atoms with E-state index in [4.69, 9.17) is 0 Å². The molecule has 1 aliphatic carbocycles. The Morgan fingerprint density at radius 3 is 1.46 bits per heavy atom. The zero-order valence-corrected chi connectivity index (χ0v) is 20.1. The number of para-hydroxylation sites is 2. The number of allylic oxidation sites excluding steroid dienone is 4. The number of halogens is 2. The second kappa shape index (κ2) is 9.40.